The standard InChI is InChI=1S/C37H69NO3/c1-5-7-8-9-10-11-12-16-21-35(41-37(39)40)22-17-14-13-15-19-30(20-18-23-38(3)4)36-28-34(36)27-33-26-32(33)25-31-24-29(31)6-2/h29-36H,5-28H2,1-4H3,(H,39,40). The van der Waals surface area contributed by atoms with Crippen molar-refractivity contribution in [2.45, 2.75) is 168 Å². The van der Waals surface area contributed by atoms with Gasteiger partial charge < -0.3 is 14.7 Å². The molecule has 0 spiro atoms. The molecule has 0 aliphatic heterocycles. The Morgan fingerprint density at radius 1 is 0.683 bits per heavy atom. The lowest BCUT2D eigenvalue weighted by Gasteiger charge is -2.19. The van der Waals surface area contributed by atoms with Gasteiger partial charge in [0.1, 0.15) is 6.10 Å². The Bertz CT molecular complexity index is 696. The maximum atomic E-state index is 11.2. The zero-order valence-corrected chi connectivity index (χ0v) is 27.8. The smallest absolute Gasteiger partial charge is 0.450 e. The van der Waals surface area contributed by atoms with Gasteiger partial charge in [0.15, 0.2) is 0 Å². The highest BCUT2D eigenvalue weighted by atomic mass is 16.7. The van der Waals surface area contributed by atoms with Crippen LogP contribution in [0.1, 0.15) is 162 Å². The fourth-order valence-electron chi connectivity index (χ4n) is 8.17. The van der Waals surface area contributed by atoms with Crippen LogP contribution < -0.4 is 0 Å². The van der Waals surface area contributed by atoms with E-state index in [2.05, 4.69) is 32.8 Å². The van der Waals surface area contributed by atoms with Crippen molar-refractivity contribution in [3.05, 3.63) is 0 Å². The molecule has 0 radical (unpaired) electrons. The van der Waals surface area contributed by atoms with E-state index in [4.69, 9.17) is 4.74 Å². The van der Waals surface area contributed by atoms with Crippen molar-refractivity contribution in [1.29, 1.82) is 0 Å². The van der Waals surface area contributed by atoms with E-state index in [9.17, 15) is 9.90 Å². The first-order chi connectivity index (χ1) is 19.9. The second kappa shape index (κ2) is 19.5. The van der Waals surface area contributed by atoms with Gasteiger partial charge >= 0.3 is 6.16 Å². The van der Waals surface area contributed by atoms with Crippen molar-refractivity contribution in [2.75, 3.05) is 20.6 Å². The van der Waals surface area contributed by atoms with Gasteiger partial charge in [0, 0.05) is 0 Å². The molecule has 0 saturated heterocycles. The average Bonchev–Trinajstić information content (AvgIpc) is 3.85. The Morgan fingerprint density at radius 2 is 1.20 bits per heavy atom. The summed E-state index contributed by atoms with van der Waals surface area (Å²) in [5.74, 6) is 7.35. The summed E-state index contributed by atoms with van der Waals surface area (Å²) in [6, 6.07) is 0. The van der Waals surface area contributed by atoms with Crippen LogP contribution in [0.2, 0.25) is 0 Å². The Morgan fingerprint density at radius 3 is 1.76 bits per heavy atom. The molecule has 8 unspecified atom stereocenters. The Balaban J connectivity index is 1.26. The van der Waals surface area contributed by atoms with Crippen LogP contribution in [-0.2, 0) is 4.74 Å². The minimum Gasteiger partial charge on any atom is -0.450 e. The van der Waals surface area contributed by atoms with Crippen LogP contribution in [0.25, 0.3) is 0 Å². The fraction of sp³-hybridized carbons (Fsp3) is 0.973. The molecule has 0 aromatic heterocycles. The molecule has 3 aliphatic rings. The number of hydrogen-bond acceptors (Lipinski definition) is 3. The number of nitrogens with zero attached hydrogens (tertiary/aromatic N) is 1. The normalized spacial score (nSPS) is 28.0. The molecule has 0 bridgehead atoms. The van der Waals surface area contributed by atoms with Crippen LogP contribution in [-0.4, -0.2) is 42.9 Å². The molecule has 0 heterocycles. The van der Waals surface area contributed by atoms with E-state index in [1.54, 1.807) is 19.3 Å². The summed E-state index contributed by atoms with van der Waals surface area (Å²) in [7, 11) is 4.42. The summed E-state index contributed by atoms with van der Waals surface area (Å²) in [5.41, 5.74) is 0. The maximum Gasteiger partial charge on any atom is 0.506 e. The van der Waals surface area contributed by atoms with Crippen molar-refractivity contribution in [3.63, 3.8) is 0 Å². The molecule has 0 aromatic rings. The van der Waals surface area contributed by atoms with E-state index in [1.165, 1.54) is 109 Å². The van der Waals surface area contributed by atoms with E-state index < -0.39 is 6.16 Å². The fourth-order valence-corrected chi connectivity index (χ4v) is 8.17. The molecule has 0 amide bonds. The molecule has 0 aromatic carbocycles. The first-order valence-electron chi connectivity index (χ1n) is 18.4. The van der Waals surface area contributed by atoms with E-state index in [-0.39, 0.29) is 6.10 Å². The molecule has 240 valence electrons. The Kier molecular flexibility index (Phi) is 16.5. The van der Waals surface area contributed by atoms with Gasteiger partial charge in [-0.15, -0.1) is 0 Å². The molecule has 8 atom stereocenters. The molecule has 3 rings (SSSR count). The highest BCUT2D eigenvalue weighted by molar-refractivity contribution is 5.57. The molecule has 3 fully saturated rings. The second-order valence-electron chi connectivity index (χ2n) is 15.0. The van der Waals surface area contributed by atoms with Crippen molar-refractivity contribution in [2.24, 2.45) is 41.4 Å². The van der Waals surface area contributed by atoms with Gasteiger partial charge in [0.05, 0.1) is 0 Å². The van der Waals surface area contributed by atoms with Crippen LogP contribution in [0.3, 0.4) is 0 Å². The molecule has 4 nitrogen and oxygen atoms in total. The Labute approximate surface area is 255 Å². The molecule has 4 heteroatoms. The minimum absolute atomic E-state index is 0.0994. The highest BCUT2D eigenvalue weighted by Crippen LogP contribution is 2.59. The molecular formula is C37H69NO3. The number of hydrogen-bond donors (Lipinski definition) is 1. The van der Waals surface area contributed by atoms with E-state index in [0.29, 0.717) is 0 Å². The SMILES string of the molecule is CCCCCCCCCCC(CCCCCCC(CCCN(C)C)C1CC1CC1CC1CC1CC1CC)OC(=O)O. The molecule has 3 aliphatic carbocycles. The molecular weight excluding hydrogens is 506 g/mol. The van der Waals surface area contributed by atoms with Gasteiger partial charge in [-0.25, -0.2) is 4.79 Å². The van der Waals surface area contributed by atoms with Crippen LogP contribution in [0.4, 0.5) is 4.79 Å². The lowest BCUT2D eigenvalue weighted by Crippen LogP contribution is -2.17. The van der Waals surface area contributed by atoms with Gasteiger partial charge in [-0.2, -0.15) is 0 Å². The zero-order valence-electron chi connectivity index (χ0n) is 27.8. The monoisotopic (exact) mass is 576 g/mol. The molecule has 1 N–H and O–H groups in total. The molecule has 3 saturated carbocycles. The minimum atomic E-state index is -1.09. The summed E-state index contributed by atoms with van der Waals surface area (Å²) < 4.78 is 5.26. The van der Waals surface area contributed by atoms with Crippen molar-refractivity contribution < 1.29 is 14.6 Å². The van der Waals surface area contributed by atoms with Gasteiger partial charge in [-0.1, -0.05) is 90.9 Å². The first kappa shape index (κ1) is 34.7. The van der Waals surface area contributed by atoms with Crippen molar-refractivity contribution in [3.8, 4) is 0 Å². The summed E-state index contributed by atoms with van der Waals surface area (Å²) in [6.07, 6.45) is 29.2. The predicted octanol–water partition coefficient (Wildman–Crippen LogP) is 11.0. The third kappa shape index (κ3) is 15.0. The van der Waals surface area contributed by atoms with Gasteiger partial charge in [0.2, 0.25) is 0 Å². The van der Waals surface area contributed by atoms with Crippen LogP contribution in [0, 0.1) is 41.4 Å². The quantitative estimate of drug-likeness (QED) is 0.0781. The summed E-state index contributed by atoms with van der Waals surface area (Å²) in [5, 5.41) is 9.20. The highest BCUT2D eigenvalue weighted by Gasteiger charge is 2.49. The third-order valence-corrected chi connectivity index (χ3v) is 11.1. The van der Waals surface area contributed by atoms with Crippen molar-refractivity contribution in [1.82, 2.24) is 4.90 Å². The summed E-state index contributed by atoms with van der Waals surface area (Å²) in [4.78, 5) is 13.6. The summed E-state index contributed by atoms with van der Waals surface area (Å²) >= 11 is 0. The third-order valence-electron chi connectivity index (χ3n) is 11.1. The van der Waals surface area contributed by atoms with Gasteiger partial charge in [-0.05, 0) is 133 Å². The number of rotatable bonds is 27. The largest absolute Gasteiger partial charge is 0.506 e. The van der Waals surface area contributed by atoms with Crippen molar-refractivity contribution >= 4 is 6.16 Å². The predicted molar refractivity (Wildman–Crippen MR) is 173 cm³/mol. The van der Waals surface area contributed by atoms with Crippen LogP contribution in [0.5, 0.6) is 0 Å². The van der Waals surface area contributed by atoms with Gasteiger partial charge in [-0.3, -0.25) is 0 Å². The maximum absolute atomic E-state index is 11.2. The van der Waals surface area contributed by atoms with E-state index in [0.717, 1.165) is 67.1 Å². The van der Waals surface area contributed by atoms with E-state index in [1.807, 2.05) is 0 Å². The summed E-state index contributed by atoms with van der Waals surface area (Å²) in [6.45, 7) is 5.86. The Hall–Kier alpha value is -0.770. The zero-order chi connectivity index (χ0) is 29.5. The first-order valence-corrected chi connectivity index (χ1v) is 18.4. The number of unbranched alkanes of at least 4 members (excludes halogenated alkanes) is 10. The second-order valence-corrected chi connectivity index (χ2v) is 15.0. The van der Waals surface area contributed by atoms with Crippen LogP contribution in [0.15, 0.2) is 0 Å². The number of carbonyl (C=O) groups is 1. The topological polar surface area (TPSA) is 49.8 Å². The number of carboxylic acid groups (broad SMARTS) is 1. The number of ether oxygens (including phenoxy) is 1. The van der Waals surface area contributed by atoms with Crippen LogP contribution >= 0.6 is 0 Å². The average molecular weight is 576 g/mol. The van der Waals surface area contributed by atoms with Gasteiger partial charge in [0.25, 0.3) is 0 Å². The lowest BCUT2D eigenvalue weighted by atomic mass is 9.89. The molecule has 41 heavy (non-hydrogen) atoms. The lowest BCUT2D eigenvalue weighted by molar-refractivity contribution is 0.0422. The van der Waals surface area contributed by atoms with E-state index >= 15 is 0 Å².